The molecule has 1 amide bonds. The second kappa shape index (κ2) is 6.26. The molecule has 0 bridgehead atoms. The largest absolute Gasteiger partial charge is 0.497 e. The summed E-state index contributed by atoms with van der Waals surface area (Å²) in [5, 5.41) is 0. The Morgan fingerprint density at radius 1 is 1.19 bits per heavy atom. The quantitative estimate of drug-likeness (QED) is 0.920. The topological polar surface area (TPSA) is 61.6 Å². The highest BCUT2D eigenvalue weighted by Crippen LogP contribution is 2.34. The summed E-state index contributed by atoms with van der Waals surface area (Å²) < 4.78 is 24.7. The van der Waals surface area contributed by atoms with Crippen molar-refractivity contribution < 1.29 is 18.7 Å². The van der Waals surface area contributed by atoms with Gasteiger partial charge in [0.15, 0.2) is 6.10 Å². The lowest BCUT2D eigenvalue weighted by molar-refractivity contribution is -0.123. The fourth-order valence-corrected chi connectivity index (χ4v) is 1.88. The summed E-state index contributed by atoms with van der Waals surface area (Å²) in [7, 11) is 1.51. The van der Waals surface area contributed by atoms with Crippen molar-refractivity contribution in [3.05, 3.63) is 48.3 Å². The number of hydrogen-bond donors (Lipinski definition) is 1. The molecule has 0 aliphatic carbocycles. The van der Waals surface area contributed by atoms with E-state index >= 15 is 0 Å². The van der Waals surface area contributed by atoms with E-state index in [1.807, 2.05) is 0 Å². The van der Waals surface area contributed by atoms with Gasteiger partial charge < -0.3 is 15.2 Å². The van der Waals surface area contributed by atoms with E-state index in [0.29, 0.717) is 22.6 Å². The van der Waals surface area contributed by atoms with E-state index in [1.54, 1.807) is 37.3 Å². The highest BCUT2D eigenvalue weighted by atomic mass is 19.1. The van der Waals surface area contributed by atoms with Crippen molar-refractivity contribution in [1.82, 2.24) is 0 Å². The molecule has 0 fully saturated rings. The van der Waals surface area contributed by atoms with Crippen LogP contribution in [0.3, 0.4) is 0 Å². The third-order valence-corrected chi connectivity index (χ3v) is 3.06. The molecule has 110 valence electrons. The average molecular weight is 289 g/mol. The van der Waals surface area contributed by atoms with Crippen LogP contribution in [-0.4, -0.2) is 19.1 Å². The molecule has 0 radical (unpaired) electrons. The predicted octanol–water partition coefficient (Wildman–Crippen LogP) is 2.75. The molecule has 5 heteroatoms. The zero-order valence-corrected chi connectivity index (χ0v) is 11.8. The Hall–Kier alpha value is -2.56. The number of halogens is 1. The van der Waals surface area contributed by atoms with Gasteiger partial charge in [0.1, 0.15) is 17.3 Å². The Labute approximate surface area is 122 Å². The maximum absolute atomic E-state index is 14.1. The number of benzene rings is 2. The fourth-order valence-electron chi connectivity index (χ4n) is 1.88. The van der Waals surface area contributed by atoms with Crippen molar-refractivity contribution in [1.29, 1.82) is 0 Å². The lowest BCUT2D eigenvalue weighted by Crippen LogP contribution is -2.30. The van der Waals surface area contributed by atoms with Crippen molar-refractivity contribution in [3.63, 3.8) is 0 Å². The SMILES string of the molecule is COc1ccc(F)c(-c2ccccc2O[C@@H](C)C(N)=O)c1. The highest BCUT2D eigenvalue weighted by Gasteiger charge is 2.16. The summed E-state index contributed by atoms with van der Waals surface area (Å²) in [6.07, 6.45) is -0.806. The Balaban J connectivity index is 2.47. The van der Waals surface area contributed by atoms with Gasteiger partial charge in [-0.1, -0.05) is 18.2 Å². The number of carbonyl (C=O) groups excluding carboxylic acids is 1. The summed E-state index contributed by atoms with van der Waals surface area (Å²) in [4.78, 5) is 11.1. The van der Waals surface area contributed by atoms with Gasteiger partial charge in [-0.05, 0) is 31.2 Å². The fraction of sp³-hybridized carbons (Fsp3) is 0.188. The first-order chi connectivity index (χ1) is 10.0. The molecule has 0 aliphatic heterocycles. The molecular formula is C16H16FNO3. The van der Waals surface area contributed by atoms with Crippen LogP contribution in [-0.2, 0) is 4.79 Å². The number of hydrogen-bond acceptors (Lipinski definition) is 3. The molecule has 0 unspecified atom stereocenters. The van der Waals surface area contributed by atoms with Crippen LogP contribution < -0.4 is 15.2 Å². The number of amides is 1. The van der Waals surface area contributed by atoms with Gasteiger partial charge in [0.2, 0.25) is 0 Å². The molecule has 2 N–H and O–H groups in total. The lowest BCUT2D eigenvalue weighted by atomic mass is 10.0. The molecule has 2 aromatic rings. The zero-order chi connectivity index (χ0) is 15.4. The van der Waals surface area contributed by atoms with Crippen LogP contribution in [0.5, 0.6) is 11.5 Å². The molecule has 4 nitrogen and oxygen atoms in total. The number of primary amides is 1. The van der Waals surface area contributed by atoms with E-state index in [1.165, 1.54) is 19.2 Å². The molecule has 1 atom stereocenters. The van der Waals surface area contributed by atoms with Gasteiger partial charge in [-0.3, -0.25) is 4.79 Å². The summed E-state index contributed by atoms with van der Waals surface area (Å²) in [6.45, 7) is 1.54. The lowest BCUT2D eigenvalue weighted by Gasteiger charge is -2.16. The molecule has 0 aliphatic rings. The first kappa shape index (κ1) is 14.8. The van der Waals surface area contributed by atoms with Gasteiger partial charge in [0.05, 0.1) is 7.11 Å². The minimum absolute atomic E-state index is 0.335. The number of methoxy groups -OCH3 is 1. The minimum atomic E-state index is -0.806. The van der Waals surface area contributed by atoms with Gasteiger partial charge in [-0.2, -0.15) is 0 Å². The van der Waals surface area contributed by atoms with Crippen LogP contribution in [0.15, 0.2) is 42.5 Å². The maximum Gasteiger partial charge on any atom is 0.258 e. The molecule has 21 heavy (non-hydrogen) atoms. The Kier molecular flexibility index (Phi) is 4.42. The molecule has 0 spiro atoms. The highest BCUT2D eigenvalue weighted by molar-refractivity contribution is 5.79. The van der Waals surface area contributed by atoms with E-state index < -0.39 is 17.8 Å². The van der Waals surface area contributed by atoms with Gasteiger partial charge in [0, 0.05) is 11.1 Å². The van der Waals surface area contributed by atoms with E-state index in [4.69, 9.17) is 15.2 Å². The Bertz CT molecular complexity index is 658. The molecule has 0 heterocycles. The summed E-state index contributed by atoms with van der Waals surface area (Å²) >= 11 is 0. The molecule has 0 aromatic heterocycles. The summed E-state index contributed by atoms with van der Waals surface area (Å²) in [5.74, 6) is -0.0744. The van der Waals surface area contributed by atoms with E-state index in [-0.39, 0.29) is 0 Å². The monoisotopic (exact) mass is 289 g/mol. The molecule has 2 aromatic carbocycles. The average Bonchev–Trinajstić information content (AvgIpc) is 2.48. The Morgan fingerprint density at radius 2 is 1.90 bits per heavy atom. The first-order valence-corrected chi connectivity index (χ1v) is 6.42. The van der Waals surface area contributed by atoms with Crippen molar-refractivity contribution in [2.24, 2.45) is 5.73 Å². The summed E-state index contributed by atoms with van der Waals surface area (Å²) in [6, 6.07) is 11.3. The molecular weight excluding hydrogens is 273 g/mol. The van der Waals surface area contributed by atoms with Crippen LogP contribution in [0.2, 0.25) is 0 Å². The summed E-state index contributed by atoms with van der Waals surface area (Å²) in [5.41, 5.74) is 6.05. The van der Waals surface area contributed by atoms with Crippen LogP contribution in [0, 0.1) is 5.82 Å². The van der Waals surface area contributed by atoms with Crippen molar-refractivity contribution in [2.75, 3.05) is 7.11 Å². The van der Waals surface area contributed by atoms with Crippen LogP contribution >= 0.6 is 0 Å². The molecule has 0 saturated carbocycles. The normalized spacial score (nSPS) is 11.8. The minimum Gasteiger partial charge on any atom is -0.497 e. The van der Waals surface area contributed by atoms with Crippen molar-refractivity contribution in [3.8, 4) is 22.6 Å². The van der Waals surface area contributed by atoms with Gasteiger partial charge in [-0.15, -0.1) is 0 Å². The molecule has 2 rings (SSSR count). The molecule has 0 saturated heterocycles. The third-order valence-electron chi connectivity index (χ3n) is 3.06. The van der Waals surface area contributed by atoms with E-state index in [9.17, 15) is 9.18 Å². The maximum atomic E-state index is 14.1. The van der Waals surface area contributed by atoms with E-state index in [0.717, 1.165) is 0 Å². The van der Waals surface area contributed by atoms with Gasteiger partial charge in [0.25, 0.3) is 5.91 Å². The number of carbonyl (C=O) groups is 1. The number of rotatable bonds is 5. The van der Waals surface area contributed by atoms with Crippen LogP contribution in [0.4, 0.5) is 4.39 Å². The third kappa shape index (κ3) is 3.31. The number of nitrogens with two attached hydrogens (primary N) is 1. The van der Waals surface area contributed by atoms with Crippen molar-refractivity contribution in [2.45, 2.75) is 13.0 Å². The predicted molar refractivity (Wildman–Crippen MR) is 77.7 cm³/mol. The van der Waals surface area contributed by atoms with Crippen LogP contribution in [0.25, 0.3) is 11.1 Å². The standard InChI is InChI=1S/C16H16FNO3/c1-10(16(18)19)21-15-6-4-3-5-12(15)13-9-11(20-2)7-8-14(13)17/h3-10H,1-2H3,(H2,18,19)/t10-/m0/s1. The van der Waals surface area contributed by atoms with Crippen LogP contribution in [0.1, 0.15) is 6.92 Å². The number of ether oxygens (including phenoxy) is 2. The van der Waals surface area contributed by atoms with E-state index in [2.05, 4.69) is 0 Å². The van der Waals surface area contributed by atoms with Crippen molar-refractivity contribution >= 4 is 5.91 Å². The van der Waals surface area contributed by atoms with Gasteiger partial charge >= 0.3 is 0 Å². The second-order valence-corrected chi connectivity index (χ2v) is 4.50. The first-order valence-electron chi connectivity index (χ1n) is 6.42. The van der Waals surface area contributed by atoms with Gasteiger partial charge in [-0.25, -0.2) is 4.39 Å². The Morgan fingerprint density at radius 3 is 2.57 bits per heavy atom. The zero-order valence-electron chi connectivity index (χ0n) is 11.8. The second-order valence-electron chi connectivity index (χ2n) is 4.50. The smallest absolute Gasteiger partial charge is 0.258 e. The number of para-hydroxylation sites is 1.